The predicted molar refractivity (Wildman–Crippen MR) is 82.0 cm³/mol. The second-order valence-electron chi connectivity index (χ2n) is 5.05. The van der Waals surface area contributed by atoms with E-state index >= 15 is 0 Å². The van der Waals surface area contributed by atoms with E-state index < -0.39 is 0 Å². The molecule has 1 amide bonds. The molecule has 3 aromatic rings. The quantitative estimate of drug-likeness (QED) is 0.801. The lowest BCUT2D eigenvalue weighted by molar-refractivity contribution is 0.0998. The number of hydrogen-bond donors (Lipinski definition) is 1. The van der Waals surface area contributed by atoms with Crippen molar-refractivity contribution in [2.24, 2.45) is 0 Å². The molecule has 1 N–H and O–H groups in total. The fourth-order valence-corrected chi connectivity index (χ4v) is 3.26. The number of amides is 1. The summed E-state index contributed by atoms with van der Waals surface area (Å²) in [5.41, 5.74) is 0.685. The third-order valence-electron chi connectivity index (χ3n) is 3.52. The molecular formula is C15H13N3O3S. The van der Waals surface area contributed by atoms with Crippen molar-refractivity contribution in [1.82, 2.24) is 10.2 Å². The van der Waals surface area contributed by atoms with Gasteiger partial charge in [0.2, 0.25) is 5.13 Å². The molecule has 1 aromatic carbocycles. The Bertz CT molecular complexity index is 787. The van der Waals surface area contributed by atoms with Crippen LogP contribution in [0.4, 0.5) is 5.13 Å². The van der Waals surface area contributed by atoms with Crippen LogP contribution in [0, 0.1) is 0 Å². The number of carbonyl (C=O) groups excluding carboxylic acids is 1. The second kappa shape index (κ2) is 5.51. The Kier molecular flexibility index (Phi) is 3.36. The average molecular weight is 315 g/mol. The summed E-state index contributed by atoms with van der Waals surface area (Å²) < 4.78 is 11.1. The van der Waals surface area contributed by atoms with E-state index in [1.807, 2.05) is 24.3 Å². The summed E-state index contributed by atoms with van der Waals surface area (Å²) in [7, 11) is 0. The minimum atomic E-state index is -0.328. The molecule has 4 rings (SSSR count). The van der Waals surface area contributed by atoms with Gasteiger partial charge in [-0.3, -0.25) is 10.1 Å². The Morgan fingerprint density at radius 3 is 3.05 bits per heavy atom. The Morgan fingerprint density at radius 2 is 2.23 bits per heavy atom. The maximum Gasteiger partial charge on any atom is 0.293 e. The molecule has 1 atom stereocenters. The zero-order valence-electron chi connectivity index (χ0n) is 11.6. The van der Waals surface area contributed by atoms with Crippen LogP contribution in [0.2, 0.25) is 0 Å². The SMILES string of the molecule is O=C(Nc1nnc(C2CCCO2)s1)c1cc2ccccc2o1. The summed E-state index contributed by atoms with van der Waals surface area (Å²) in [5, 5.41) is 13.0. The lowest BCUT2D eigenvalue weighted by Crippen LogP contribution is -2.10. The van der Waals surface area contributed by atoms with E-state index in [0.717, 1.165) is 29.8 Å². The molecule has 3 heterocycles. The number of para-hydroxylation sites is 1. The van der Waals surface area contributed by atoms with Gasteiger partial charge >= 0.3 is 0 Å². The first-order chi connectivity index (χ1) is 10.8. The van der Waals surface area contributed by atoms with Crippen molar-refractivity contribution >= 4 is 33.3 Å². The summed E-state index contributed by atoms with van der Waals surface area (Å²) in [6.45, 7) is 0.755. The van der Waals surface area contributed by atoms with E-state index in [-0.39, 0.29) is 17.8 Å². The third-order valence-corrected chi connectivity index (χ3v) is 4.45. The molecule has 1 unspecified atom stereocenters. The summed E-state index contributed by atoms with van der Waals surface area (Å²) in [5.74, 6) is -0.0682. The Morgan fingerprint density at radius 1 is 1.32 bits per heavy atom. The Balaban J connectivity index is 1.51. The first kappa shape index (κ1) is 13.4. The van der Waals surface area contributed by atoms with Crippen LogP contribution in [0.1, 0.15) is 34.5 Å². The number of benzene rings is 1. The van der Waals surface area contributed by atoms with Crippen molar-refractivity contribution < 1.29 is 13.9 Å². The summed E-state index contributed by atoms with van der Waals surface area (Å²) in [4.78, 5) is 12.2. The molecule has 6 nitrogen and oxygen atoms in total. The molecule has 1 aliphatic heterocycles. The third kappa shape index (κ3) is 2.49. The van der Waals surface area contributed by atoms with Gasteiger partial charge in [0.05, 0.1) is 0 Å². The number of nitrogens with one attached hydrogen (secondary N) is 1. The highest BCUT2D eigenvalue weighted by atomic mass is 32.1. The molecule has 0 aliphatic carbocycles. The largest absolute Gasteiger partial charge is 0.451 e. The van der Waals surface area contributed by atoms with E-state index in [1.165, 1.54) is 11.3 Å². The van der Waals surface area contributed by atoms with E-state index in [1.54, 1.807) is 6.07 Å². The van der Waals surface area contributed by atoms with Crippen LogP contribution in [0.5, 0.6) is 0 Å². The van der Waals surface area contributed by atoms with Crippen LogP contribution in [-0.4, -0.2) is 22.7 Å². The molecule has 2 aromatic heterocycles. The highest BCUT2D eigenvalue weighted by Crippen LogP contribution is 2.32. The lowest BCUT2D eigenvalue weighted by Gasteiger charge is -2.02. The van der Waals surface area contributed by atoms with Crippen molar-refractivity contribution in [2.75, 3.05) is 11.9 Å². The molecule has 1 saturated heterocycles. The number of fused-ring (bicyclic) bond motifs is 1. The van der Waals surface area contributed by atoms with Crippen molar-refractivity contribution in [3.63, 3.8) is 0 Å². The van der Waals surface area contributed by atoms with Crippen LogP contribution in [0.25, 0.3) is 11.0 Å². The number of anilines is 1. The molecule has 0 spiro atoms. The van der Waals surface area contributed by atoms with Gasteiger partial charge in [-0.25, -0.2) is 0 Å². The molecule has 22 heavy (non-hydrogen) atoms. The number of nitrogens with zero attached hydrogens (tertiary/aromatic N) is 2. The molecule has 1 aliphatic rings. The Hall–Kier alpha value is -2.25. The topological polar surface area (TPSA) is 77.2 Å². The minimum absolute atomic E-state index is 0.00866. The van der Waals surface area contributed by atoms with Gasteiger partial charge in [0.15, 0.2) is 5.76 Å². The van der Waals surface area contributed by atoms with Crippen LogP contribution in [-0.2, 0) is 4.74 Å². The Labute approximate surface area is 130 Å². The standard InChI is InChI=1S/C15H13N3O3S/c19-13(12-8-9-4-1-2-5-10(9)21-12)16-15-18-17-14(22-15)11-6-3-7-20-11/h1-2,4-5,8,11H,3,6-7H2,(H,16,18,19). The van der Waals surface area contributed by atoms with Crippen LogP contribution >= 0.6 is 11.3 Å². The van der Waals surface area contributed by atoms with E-state index in [0.29, 0.717) is 10.7 Å². The van der Waals surface area contributed by atoms with Gasteiger partial charge in [-0.05, 0) is 25.0 Å². The zero-order valence-corrected chi connectivity index (χ0v) is 12.4. The van der Waals surface area contributed by atoms with E-state index in [4.69, 9.17) is 9.15 Å². The van der Waals surface area contributed by atoms with Gasteiger partial charge in [0.1, 0.15) is 16.7 Å². The monoisotopic (exact) mass is 315 g/mol. The maximum atomic E-state index is 12.2. The number of furan rings is 1. The van der Waals surface area contributed by atoms with E-state index in [9.17, 15) is 4.79 Å². The maximum absolute atomic E-state index is 12.2. The van der Waals surface area contributed by atoms with Gasteiger partial charge in [-0.15, -0.1) is 10.2 Å². The number of carbonyl (C=O) groups is 1. The van der Waals surface area contributed by atoms with E-state index in [2.05, 4.69) is 15.5 Å². The lowest BCUT2D eigenvalue weighted by atomic mass is 10.2. The van der Waals surface area contributed by atoms with Crippen molar-refractivity contribution in [2.45, 2.75) is 18.9 Å². The number of rotatable bonds is 3. The van der Waals surface area contributed by atoms with Crippen molar-refractivity contribution in [3.8, 4) is 0 Å². The number of hydrogen-bond acceptors (Lipinski definition) is 6. The number of ether oxygens (including phenoxy) is 1. The fourth-order valence-electron chi connectivity index (χ4n) is 2.44. The van der Waals surface area contributed by atoms with Crippen molar-refractivity contribution in [3.05, 3.63) is 41.1 Å². The van der Waals surface area contributed by atoms with Crippen LogP contribution in [0.15, 0.2) is 34.7 Å². The molecule has 0 bridgehead atoms. The highest BCUT2D eigenvalue weighted by molar-refractivity contribution is 7.15. The average Bonchev–Trinajstić information content (AvgIpc) is 3.26. The van der Waals surface area contributed by atoms with Crippen LogP contribution in [0.3, 0.4) is 0 Å². The summed E-state index contributed by atoms with van der Waals surface area (Å²) >= 11 is 1.34. The van der Waals surface area contributed by atoms with Gasteiger partial charge in [0.25, 0.3) is 5.91 Å². The van der Waals surface area contributed by atoms with Crippen molar-refractivity contribution in [1.29, 1.82) is 0 Å². The first-order valence-electron chi connectivity index (χ1n) is 7.04. The fraction of sp³-hybridized carbons (Fsp3) is 0.267. The molecule has 0 saturated carbocycles. The minimum Gasteiger partial charge on any atom is -0.451 e. The van der Waals surface area contributed by atoms with Crippen LogP contribution < -0.4 is 5.32 Å². The zero-order chi connectivity index (χ0) is 14.9. The molecule has 7 heteroatoms. The van der Waals surface area contributed by atoms with Gasteiger partial charge < -0.3 is 9.15 Å². The first-order valence-corrected chi connectivity index (χ1v) is 7.86. The number of aromatic nitrogens is 2. The predicted octanol–water partition coefficient (Wildman–Crippen LogP) is 3.39. The molecule has 112 valence electrons. The normalized spacial score (nSPS) is 17.9. The summed E-state index contributed by atoms with van der Waals surface area (Å²) in [6.07, 6.45) is 1.99. The highest BCUT2D eigenvalue weighted by Gasteiger charge is 2.23. The molecule has 1 fully saturated rings. The molecule has 0 radical (unpaired) electrons. The summed E-state index contributed by atoms with van der Waals surface area (Å²) in [6, 6.07) is 9.21. The second-order valence-corrected chi connectivity index (χ2v) is 6.06. The van der Waals surface area contributed by atoms with Gasteiger partial charge in [0, 0.05) is 12.0 Å². The van der Waals surface area contributed by atoms with Gasteiger partial charge in [-0.2, -0.15) is 0 Å². The smallest absolute Gasteiger partial charge is 0.293 e. The molecular weight excluding hydrogens is 302 g/mol. The van der Waals surface area contributed by atoms with Gasteiger partial charge in [-0.1, -0.05) is 29.5 Å².